The summed E-state index contributed by atoms with van der Waals surface area (Å²) < 4.78 is 1.76. The van der Waals surface area contributed by atoms with Crippen LogP contribution in [0.1, 0.15) is 25.3 Å². The first kappa shape index (κ1) is 17.2. The second-order valence-corrected chi connectivity index (χ2v) is 8.38. The smallest absolute Gasteiger partial charge is 0.229 e. The van der Waals surface area contributed by atoms with Gasteiger partial charge in [0.15, 0.2) is 5.65 Å². The van der Waals surface area contributed by atoms with Gasteiger partial charge in [0, 0.05) is 25.6 Å². The minimum Gasteiger partial charge on any atom is -0.389 e. The van der Waals surface area contributed by atoms with Gasteiger partial charge in [0.25, 0.3) is 0 Å². The molecule has 2 heterocycles. The van der Waals surface area contributed by atoms with Crippen molar-refractivity contribution in [3.05, 3.63) is 17.5 Å². The molecule has 3 fully saturated rings. The summed E-state index contributed by atoms with van der Waals surface area (Å²) in [4.78, 5) is 21.2. The van der Waals surface area contributed by atoms with Gasteiger partial charge in [0.05, 0.1) is 29.6 Å². The molecule has 2 aromatic heterocycles. The molecule has 3 saturated carbocycles. The third-order valence-electron chi connectivity index (χ3n) is 6.42. The summed E-state index contributed by atoms with van der Waals surface area (Å²) in [5, 5.41) is 27.6. The Morgan fingerprint density at radius 1 is 1.44 bits per heavy atom. The molecule has 9 heteroatoms. The number of rotatable bonds is 5. The standard InChI is InChI=1S/C18H22ClN5O3/c1-20-17(27)18-5-9(18)13(14(25)15(18)26)24-7-22-12-10(21-6-8-2-3-8)4-11(19)23-16(12)24/h4,7-9,13-15,25-26H,2-3,5-6H2,1H3,(H,20,27)(H,21,23)/t9-,13-,14+,15+,18-/m1/s1. The molecule has 0 bridgehead atoms. The Bertz CT molecular complexity index is 929. The van der Waals surface area contributed by atoms with Crippen molar-refractivity contribution in [1.82, 2.24) is 19.9 Å². The number of halogens is 1. The SMILES string of the molecule is CNC(=O)[C@]12C[C@@H]1[C@@H](n1cnc3c(NCC4CC4)cc(Cl)nc31)[C@H](O)[C@@H]2O. The van der Waals surface area contributed by atoms with Crippen molar-refractivity contribution in [1.29, 1.82) is 0 Å². The summed E-state index contributed by atoms with van der Waals surface area (Å²) in [5.74, 6) is 0.299. The van der Waals surface area contributed by atoms with Crippen LogP contribution in [0.15, 0.2) is 12.4 Å². The summed E-state index contributed by atoms with van der Waals surface area (Å²) in [6.45, 7) is 0.871. The first-order chi connectivity index (χ1) is 13.0. The fourth-order valence-corrected chi connectivity index (χ4v) is 4.88. The van der Waals surface area contributed by atoms with E-state index in [0.717, 1.165) is 12.2 Å². The molecular weight excluding hydrogens is 370 g/mol. The van der Waals surface area contributed by atoms with Crippen molar-refractivity contribution in [2.75, 3.05) is 18.9 Å². The van der Waals surface area contributed by atoms with Crippen molar-refractivity contribution in [2.24, 2.45) is 17.3 Å². The summed E-state index contributed by atoms with van der Waals surface area (Å²) in [6.07, 6.45) is 2.44. The number of pyridine rings is 1. The number of fused-ring (bicyclic) bond motifs is 2. The predicted octanol–water partition coefficient (Wildman–Crippen LogP) is 0.935. The lowest BCUT2D eigenvalue weighted by Crippen LogP contribution is -2.41. The average molecular weight is 392 g/mol. The second-order valence-electron chi connectivity index (χ2n) is 8.00. The number of carbonyl (C=O) groups is 1. The predicted molar refractivity (Wildman–Crippen MR) is 99.4 cm³/mol. The lowest BCUT2D eigenvalue weighted by atomic mass is 9.98. The van der Waals surface area contributed by atoms with Gasteiger partial charge in [-0.25, -0.2) is 9.97 Å². The molecule has 8 nitrogen and oxygen atoms in total. The Labute approximate surface area is 160 Å². The molecule has 0 radical (unpaired) electrons. The first-order valence-electron chi connectivity index (χ1n) is 9.32. The zero-order valence-electron chi connectivity index (χ0n) is 14.9. The first-order valence-corrected chi connectivity index (χ1v) is 9.70. The van der Waals surface area contributed by atoms with E-state index >= 15 is 0 Å². The van der Waals surface area contributed by atoms with Crippen LogP contribution < -0.4 is 10.6 Å². The molecule has 3 aliphatic rings. The summed E-state index contributed by atoms with van der Waals surface area (Å²) in [7, 11) is 1.55. The molecule has 0 spiro atoms. The lowest BCUT2D eigenvalue weighted by Gasteiger charge is -2.23. The largest absolute Gasteiger partial charge is 0.389 e. The van der Waals surface area contributed by atoms with E-state index in [1.165, 1.54) is 12.8 Å². The van der Waals surface area contributed by atoms with E-state index in [1.807, 2.05) is 0 Å². The maximum absolute atomic E-state index is 12.3. The summed E-state index contributed by atoms with van der Waals surface area (Å²) in [5.41, 5.74) is 1.12. The van der Waals surface area contributed by atoms with Gasteiger partial charge < -0.3 is 25.4 Å². The van der Waals surface area contributed by atoms with Gasteiger partial charge in [-0.15, -0.1) is 0 Å². The molecular formula is C18H22ClN5O3. The van der Waals surface area contributed by atoms with Crippen LogP contribution in [0.4, 0.5) is 5.69 Å². The van der Waals surface area contributed by atoms with E-state index < -0.39 is 23.7 Å². The zero-order chi connectivity index (χ0) is 18.9. The number of aliphatic hydroxyl groups is 2. The summed E-state index contributed by atoms with van der Waals surface area (Å²) >= 11 is 6.23. The number of amides is 1. The number of carbonyl (C=O) groups excluding carboxylic acids is 1. The van der Waals surface area contributed by atoms with Gasteiger partial charge in [-0.2, -0.15) is 0 Å². The van der Waals surface area contributed by atoms with Crippen LogP contribution in [0.25, 0.3) is 11.2 Å². The Morgan fingerprint density at radius 3 is 2.93 bits per heavy atom. The average Bonchev–Trinajstić information content (AvgIpc) is 3.55. The highest BCUT2D eigenvalue weighted by Gasteiger charge is 2.75. The van der Waals surface area contributed by atoms with Gasteiger partial charge in [-0.3, -0.25) is 4.79 Å². The Morgan fingerprint density at radius 2 is 2.22 bits per heavy atom. The number of aromatic nitrogens is 3. The highest BCUT2D eigenvalue weighted by Crippen LogP contribution is 2.67. The normalized spacial score (nSPS) is 34.5. The molecule has 0 aliphatic heterocycles. The second kappa shape index (κ2) is 5.80. The van der Waals surface area contributed by atoms with Crippen molar-refractivity contribution in [2.45, 2.75) is 37.5 Å². The van der Waals surface area contributed by atoms with Gasteiger partial charge in [-0.05, 0) is 25.2 Å². The number of aliphatic hydroxyl groups excluding tert-OH is 2. The highest BCUT2D eigenvalue weighted by atomic mass is 35.5. The van der Waals surface area contributed by atoms with Crippen LogP contribution in [0.2, 0.25) is 5.15 Å². The van der Waals surface area contributed by atoms with Gasteiger partial charge in [0.1, 0.15) is 16.8 Å². The van der Waals surface area contributed by atoms with Gasteiger partial charge in [-0.1, -0.05) is 11.6 Å². The van der Waals surface area contributed by atoms with Crippen LogP contribution in [0.3, 0.4) is 0 Å². The van der Waals surface area contributed by atoms with Gasteiger partial charge >= 0.3 is 0 Å². The zero-order valence-corrected chi connectivity index (χ0v) is 15.6. The number of nitrogens with zero attached hydrogens (tertiary/aromatic N) is 3. The van der Waals surface area contributed by atoms with Gasteiger partial charge in [0.2, 0.25) is 5.91 Å². The van der Waals surface area contributed by atoms with Crippen molar-refractivity contribution < 1.29 is 15.0 Å². The number of hydrogen-bond donors (Lipinski definition) is 4. The molecule has 5 atom stereocenters. The lowest BCUT2D eigenvalue weighted by molar-refractivity contribution is -0.132. The van der Waals surface area contributed by atoms with Crippen LogP contribution in [0, 0.1) is 17.3 Å². The molecule has 2 aromatic rings. The van der Waals surface area contributed by atoms with Crippen molar-refractivity contribution >= 4 is 34.4 Å². The van der Waals surface area contributed by atoms with E-state index in [2.05, 4.69) is 20.6 Å². The summed E-state index contributed by atoms with van der Waals surface area (Å²) in [6, 6.07) is 1.29. The highest BCUT2D eigenvalue weighted by molar-refractivity contribution is 6.30. The maximum atomic E-state index is 12.3. The topological polar surface area (TPSA) is 112 Å². The molecule has 3 aliphatic carbocycles. The maximum Gasteiger partial charge on any atom is 0.229 e. The molecule has 27 heavy (non-hydrogen) atoms. The number of nitrogens with one attached hydrogen (secondary N) is 2. The Kier molecular flexibility index (Phi) is 3.70. The van der Waals surface area contributed by atoms with Crippen molar-refractivity contribution in [3.63, 3.8) is 0 Å². The fourth-order valence-electron chi connectivity index (χ4n) is 4.69. The van der Waals surface area contributed by atoms with E-state index in [1.54, 1.807) is 24.0 Å². The molecule has 1 amide bonds. The molecule has 0 saturated heterocycles. The molecule has 0 unspecified atom stereocenters. The van der Waals surface area contributed by atoms with E-state index in [0.29, 0.717) is 28.7 Å². The fraction of sp³-hybridized carbons (Fsp3) is 0.611. The van der Waals surface area contributed by atoms with Crippen LogP contribution in [-0.2, 0) is 4.79 Å². The Hall–Kier alpha value is -1.90. The monoisotopic (exact) mass is 391 g/mol. The number of hydrogen-bond acceptors (Lipinski definition) is 6. The van der Waals surface area contributed by atoms with E-state index in [4.69, 9.17) is 11.6 Å². The number of imidazole rings is 1. The van der Waals surface area contributed by atoms with E-state index in [-0.39, 0.29) is 11.8 Å². The van der Waals surface area contributed by atoms with Crippen LogP contribution >= 0.6 is 11.6 Å². The molecule has 0 aromatic carbocycles. The Balaban J connectivity index is 1.53. The van der Waals surface area contributed by atoms with Crippen molar-refractivity contribution in [3.8, 4) is 0 Å². The van der Waals surface area contributed by atoms with Crippen LogP contribution in [0.5, 0.6) is 0 Å². The molecule has 4 N–H and O–H groups in total. The van der Waals surface area contributed by atoms with E-state index in [9.17, 15) is 15.0 Å². The minimum absolute atomic E-state index is 0.163. The third kappa shape index (κ3) is 2.40. The third-order valence-corrected chi connectivity index (χ3v) is 6.61. The minimum atomic E-state index is -1.11. The molecule has 144 valence electrons. The molecule has 5 rings (SSSR count). The quantitative estimate of drug-likeness (QED) is 0.564. The van der Waals surface area contributed by atoms with Crippen LogP contribution in [-0.4, -0.2) is 56.5 Å². The number of anilines is 1.